The third kappa shape index (κ3) is 3.49. The maximum Gasteiger partial charge on any atom is 0.244 e. The Balaban J connectivity index is 1.87. The van der Waals surface area contributed by atoms with Crippen LogP contribution in [0.5, 0.6) is 0 Å². The summed E-state index contributed by atoms with van der Waals surface area (Å²) in [6.07, 6.45) is 1.27. The second-order valence-electron chi connectivity index (χ2n) is 5.56. The summed E-state index contributed by atoms with van der Waals surface area (Å²) in [4.78, 5) is 48.0. The highest BCUT2D eigenvalue weighted by Gasteiger charge is 2.34. The van der Waals surface area contributed by atoms with Crippen molar-refractivity contribution < 1.29 is 19.2 Å². The lowest BCUT2D eigenvalue weighted by atomic mass is 10.1. The fraction of sp³-hybridized carbons (Fsp3) is 0.643. The van der Waals surface area contributed by atoms with Crippen LogP contribution in [0.25, 0.3) is 0 Å². The van der Waals surface area contributed by atoms with Crippen molar-refractivity contribution in [3.8, 4) is 0 Å². The Kier molecular flexibility index (Phi) is 4.89. The van der Waals surface area contributed by atoms with Crippen molar-refractivity contribution >= 4 is 29.2 Å². The van der Waals surface area contributed by atoms with Crippen LogP contribution in [-0.2, 0) is 19.2 Å². The molecule has 0 aromatic rings. The van der Waals surface area contributed by atoms with Crippen LogP contribution in [-0.4, -0.2) is 52.7 Å². The molecule has 2 aliphatic rings. The molecule has 2 atom stereocenters. The summed E-state index contributed by atoms with van der Waals surface area (Å²) in [5, 5.41) is 6.68. The van der Waals surface area contributed by atoms with Gasteiger partial charge < -0.3 is 5.32 Å². The third-order valence-corrected chi connectivity index (χ3v) is 3.85. The lowest BCUT2D eigenvalue weighted by molar-refractivity contribution is -0.140. The lowest BCUT2D eigenvalue weighted by Gasteiger charge is -2.15. The third-order valence-electron chi connectivity index (χ3n) is 3.85. The van der Waals surface area contributed by atoms with Crippen molar-refractivity contribution in [3.05, 3.63) is 0 Å². The molecule has 2 N–H and O–H groups in total. The smallest absolute Gasteiger partial charge is 0.244 e. The molecule has 3 amide bonds. The predicted octanol–water partition coefficient (Wildman–Crippen LogP) is -0.663. The number of hydrogen-bond acceptors (Lipinski definition) is 6. The average molecular weight is 308 g/mol. The van der Waals surface area contributed by atoms with Crippen LogP contribution in [0.1, 0.15) is 39.5 Å². The van der Waals surface area contributed by atoms with E-state index in [1.165, 1.54) is 0 Å². The molecule has 8 heteroatoms. The minimum atomic E-state index is -0.585. The zero-order valence-corrected chi connectivity index (χ0v) is 12.7. The van der Waals surface area contributed by atoms with Gasteiger partial charge in [0.05, 0.1) is 6.54 Å². The van der Waals surface area contributed by atoms with Crippen molar-refractivity contribution in [1.29, 1.82) is 0 Å². The molecule has 22 heavy (non-hydrogen) atoms. The van der Waals surface area contributed by atoms with Crippen molar-refractivity contribution in [3.63, 3.8) is 0 Å². The molecule has 2 unspecified atom stereocenters. The Morgan fingerprint density at radius 3 is 2.59 bits per heavy atom. The van der Waals surface area contributed by atoms with Crippen LogP contribution >= 0.6 is 0 Å². The maximum absolute atomic E-state index is 12.1. The van der Waals surface area contributed by atoms with E-state index in [-0.39, 0.29) is 55.3 Å². The highest BCUT2D eigenvalue weighted by atomic mass is 16.2. The van der Waals surface area contributed by atoms with E-state index in [0.29, 0.717) is 0 Å². The molecular weight excluding hydrogens is 288 g/mol. The molecule has 1 fully saturated rings. The molecular formula is C14H20N4O4. The first-order valence-electron chi connectivity index (χ1n) is 7.41. The molecule has 120 valence electrons. The summed E-state index contributed by atoms with van der Waals surface area (Å²) in [5.74, 6) is -1.30. The van der Waals surface area contributed by atoms with Crippen LogP contribution < -0.4 is 10.7 Å². The maximum atomic E-state index is 12.1. The summed E-state index contributed by atoms with van der Waals surface area (Å²) in [5.41, 5.74) is 2.82. The first-order chi connectivity index (χ1) is 10.4. The zero-order chi connectivity index (χ0) is 16.3. The van der Waals surface area contributed by atoms with E-state index < -0.39 is 11.8 Å². The number of carbonyl (C=O) groups excluding carboxylic acids is 4. The average Bonchev–Trinajstić information content (AvgIpc) is 3.09. The van der Waals surface area contributed by atoms with E-state index in [1.807, 2.05) is 13.8 Å². The van der Waals surface area contributed by atoms with Gasteiger partial charge in [-0.2, -0.15) is 5.10 Å². The van der Waals surface area contributed by atoms with Crippen molar-refractivity contribution in [2.45, 2.75) is 51.6 Å². The summed E-state index contributed by atoms with van der Waals surface area (Å²) >= 11 is 0. The number of rotatable bonds is 6. The van der Waals surface area contributed by atoms with Crippen molar-refractivity contribution in [2.24, 2.45) is 5.10 Å². The molecule has 0 spiro atoms. The monoisotopic (exact) mass is 308 g/mol. The van der Waals surface area contributed by atoms with Gasteiger partial charge in [-0.25, -0.2) is 0 Å². The Hall–Kier alpha value is -2.25. The highest BCUT2D eigenvalue weighted by Crippen LogP contribution is 2.13. The molecule has 0 bridgehead atoms. The number of imide groups is 1. The van der Waals surface area contributed by atoms with Gasteiger partial charge in [0.25, 0.3) is 0 Å². The zero-order valence-electron chi connectivity index (χ0n) is 12.7. The first-order valence-corrected chi connectivity index (χ1v) is 7.41. The molecule has 0 aromatic carbocycles. The first kappa shape index (κ1) is 16.1. The Labute approximate surface area is 128 Å². The van der Waals surface area contributed by atoms with Gasteiger partial charge >= 0.3 is 0 Å². The van der Waals surface area contributed by atoms with E-state index in [0.717, 1.165) is 11.3 Å². The summed E-state index contributed by atoms with van der Waals surface area (Å²) in [6, 6.07) is -0.535. The number of Topliss-reactive ketones (excluding diaryl/α,β-unsaturated/α-hetero) is 1. The van der Waals surface area contributed by atoms with E-state index in [2.05, 4.69) is 15.8 Å². The van der Waals surface area contributed by atoms with Gasteiger partial charge in [0.1, 0.15) is 11.8 Å². The lowest BCUT2D eigenvalue weighted by Crippen LogP contribution is -2.44. The van der Waals surface area contributed by atoms with Gasteiger partial charge in [0, 0.05) is 25.3 Å². The Bertz CT molecular complexity index is 527. The molecule has 1 saturated heterocycles. The van der Waals surface area contributed by atoms with Gasteiger partial charge in [-0.05, 0) is 13.3 Å². The van der Waals surface area contributed by atoms with Gasteiger partial charge in [0.2, 0.25) is 17.7 Å². The van der Waals surface area contributed by atoms with E-state index >= 15 is 0 Å². The van der Waals surface area contributed by atoms with Gasteiger partial charge in [-0.3, -0.25) is 29.5 Å². The molecule has 0 aromatic heterocycles. The van der Waals surface area contributed by atoms with Crippen LogP contribution in [0.4, 0.5) is 0 Å². The number of carbonyl (C=O) groups is 4. The number of hydrazone groups is 1. The summed E-state index contributed by atoms with van der Waals surface area (Å²) in [6.45, 7) is 3.56. The fourth-order valence-corrected chi connectivity index (χ4v) is 2.25. The molecule has 2 aliphatic heterocycles. The van der Waals surface area contributed by atoms with Gasteiger partial charge in [0.15, 0.2) is 5.78 Å². The minimum Gasteiger partial charge on any atom is -0.352 e. The van der Waals surface area contributed by atoms with Crippen LogP contribution in [0, 0.1) is 0 Å². The molecule has 8 nitrogen and oxygen atoms in total. The fourth-order valence-electron chi connectivity index (χ4n) is 2.25. The number of amides is 3. The largest absolute Gasteiger partial charge is 0.352 e. The van der Waals surface area contributed by atoms with Crippen LogP contribution in [0.3, 0.4) is 0 Å². The summed E-state index contributed by atoms with van der Waals surface area (Å²) < 4.78 is 0. The number of hydrogen-bond donors (Lipinski definition) is 2. The minimum absolute atomic E-state index is 0.0499. The van der Waals surface area contributed by atoms with Crippen LogP contribution in [0.2, 0.25) is 0 Å². The van der Waals surface area contributed by atoms with Crippen molar-refractivity contribution in [2.75, 3.05) is 6.54 Å². The highest BCUT2D eigenvalue weighted by molar-refractivity contribution is 6.42. The Morgan fingerprint density at radius 2 is 2.00 bits per heavy atom. The number of ketones is 1. The normalized spacial score (nSPS) is 22.4. The molecule has 0 saturated carbocycles. The Morgan fingerprint density at radius 1 is 1.36 bits per heavy atom. The van der Waals surface area contributed by atoms with E-state index in [4.69, 9.17) is 0 Å². The number of likely N-dealkylation sites (tertiary alicyclic amines) is 1. The topological polar surface area (TPSA) is 108 Å². The second-order valence-corrected chi connectivity index (χ2v) is 5.56. The molecule has 2 rings (SSSR count). The molecule has 0 aliphatic carbocycles. The quantitative estimate of drug-likeness (QED) is 0.633. The predicted molar refractivity (Wildman–Crippen MR) is 77.8 cm³/mol. The molecule has 2 heterocycles. The SMILES string of the molecule is CCC(C)NC(=O)C1CC(C(=O)CN2C(=O)CCC2=O)=NN1. The van der Waals surface area contributed by atoms with Gasteiger partial charge in [-0.1, -0.05) is 6.92 Å². The number of nitrogens with one attached hydrogen (secondary N) is 2. The van der Waals surface area contributed by atoms with E-state index in [9.17, 15) is 19.2 Å². The van der Waals surface area contributed by atoms with Crippen LogP contribution in [0.15, 0.2) is 5.10 Å². The molecule has 0 radical (unpaired) electrons. The number of nitrogens with zero attached hydrogens (tertiary/aromatic N) is 2. The second kappa shape index (κ2) is 6.67. The standard InChI is InChI=1S/C14H20N4O4/c1-3-8(2)15-14(22)10-6-9(16-17-10)11(19)7-18-12(20)4-5-13(18)21/h8,10,17H,3-7H2,1-2H3,(H,15,22). The van der Waals surface area contributed by atoms with Gasteiger partial charge in [-0.15, -0.1) is 0 Å². The van der Waals surface area contributed by atoms with E-state index in [1.54, 1.807) is 0 Å². The van der Waals surface area contributed by atoms with Crippen molar-refractivity contribution in [1.82, 2.24) is 15.6 Å². The summed E-state index contributed by atoms with van der Waals surface area (Å²) in [7, 11) is 0.